The van der Waals surface area contributed by atoms with E-state index in [9.17, 15) is 12.8 Å². The van der Waals surface area contributed by atoms with Crippen LogP contribution < -0.4 is 4.72 Å². The van der Waals surface area contributed by atoms with Crippen LogP contribution in [0.5, 0.6) is 0 Å². The summed E-state index contributed by atoms with van der Waals surface area (Å²) in [5.74, 6) is 0.122. The Hall–Kier alpha value is -0.440. The summed E-state index contributed by atoms with van der Waals surface area (Å²) in [4.78, 5) is 3.68. The monoisotopic (exact) mass is 356 g/mol. The van der Waals surface area contributed by atoms with Gasteiger partial charge in [0.2, 0.25) is 10.0 Å². The number of halogens is 2. The first-order chi connectivity index (χ1) is 7.46. The summed E-state index contributed by atoms with van der Waals surface area (Å²) in [6.07, 6.45) is 2.95. The van der Waals surface area contributed by atoms with E-state index in [-0.39, 0.29) is 17.5 Å². The standard InChI is InChI=1S/C9H10FIN2O2S/c10-7-4-12-9(3-8(7)11)13-16(14,15)5-6-1-2-6/h3-4,6H,1-2,5H2,(H,12,13). The average molecular weight is 356 g/mol. The number of rotatable bonds is 4. The van der Waals surface area contributed by atoms with Crippen LogP contribution in [0.2, 0.25) is 0 Å². The van der Waals surface area contributed by atoms with Crippen molar-refractivity contribution >= 4 is 38.4 Å². The van der Waals surface area contributed by atoms with Crippen LogP contribution in [0, 0.1) is 15.3 Å². The van der Waals surface area contributed by atoms with Crippen molar-refractivity contribution in [3.8, 4) is 0 Å². The van der Waals surface area contributed by atoms with E-state index in [4.69, 9.17) is 0 Å². The lowest BCUT2D eigenvalue weighted by atomic mass is 10.4. The molecule has 1 fully saturated rings. The molecule has 16 heavy (non-hydrogen) atoms. The molecule has 0 radical (unpaired) electrons. The Kier molecular flexibility index (Phi) is 3.34. The van der Waals surface area contributed by atoms with Crippen LogP contribution in [0.1, 0.15) is 12.8 Å². The predicted octanol–water partition coefficient (Wildman–Crippen LogP) is 1.98. The maximum Gasteiger partial charge on any atom is 0.234 e. The molecule has 1 N–H and O–H groups in total. The molecule has 0 saturated heterocycles. The fourth-order valence-electron chi connectivity index (χ4n) is 1.27. The van der Waals surface area contributed by atoms with E-state index in [1.165, 1.54) is 6.07 Å². The van der Waals surface area contributed by atoms with Crippen LogP contribution in [0.25, 0.3) is 0 Å². The van der Waals surface area contributed by atoms with Gasteiger partial charge in [-0.1, -0.05) is 0 Å². The fraction of sp³-hybridized carbons (Fsp3) is 0.444. The van der Waals surface area contributed by atoms with Gasteiger partial charge in [-0.3, -0.25) is 4.72 Å². The number of pyridine rings is 1. The van der Waals surface area contributed by atoms with Crippen molar-refractivity contribution in [1.82, 2.24) is 4.98 Å². The molecule has 0 amide bonds. The molecule has 1 saturated carbocycles. The summed E-state index contributed by atoms with van der Waals surface area (Å²) in [5, 5.41) is 0. The van der Waals surface area contributed by atoms with Crippen molar-refractivity contribution in [2.24, 2.45) is 5.92 Å². The maximum absolute atomic E-state index is 12.9. The number of hydrogen-bond donors (Lipinski definition) is 1. The van der Waals surface area contributed by atoms with Crippen LogP contribution in [0.15, 0.2) is 12.3 Å². The maximum atomic E-state index is 12.9. The Morgan fingerprint density at radius 2 is 2.25 bits per heavy atom. The lowest BCUT2D eigenvalue weighted by molar-refractivity contribution is 0.596. The molecule has 0 unspecified atom stereocenters. The molecule has 1 aromatic rings. The van der Waals surface area contributed by atoms with E-state index in [2.05, 4.69) is 9.71 Å². The van der Waals surface area contributed by atoms with Crippen molar-refractivity contribution in [1.29, 1.82) is 0 Å². The molecule has 1 aromatic heterocycles. The first-order valence-corrected chi connectivity index (χ1v) is 7.51. The number of anilines is 1. The second kappa shape index (κ2) is 4.44. The van der Waals surface area contributed by atoms with Gasteiger partial charge in [0.05, 0.1) is 15.5 Å². The Balaban J connectivity index is 2.10. The zero-order valence-electron chi connectivity index (χ0n) is 8.28. The topological polar surface area (TPSA) is 59.1 Å². The van der Waals surface area contributed by atoms with Gasteiger partial charge >= 0.3 is 0 Å². The Labute approximate surface area is 107 Å². The van der Waals surface area contributed by atoms with E-state index >= 15 is 0 Å². The van der Waals surface area contributed by atoms with Gasteiger partial charge in [-0.15, -0.1) is 0 Å². The second-order valence-corrected chi connectivity index (χ2v) is 6.74. The van der Waals surface area contributed by atoms with E-state index < -0.39 is 15.8 Å². The highest BCUT2D eigenvalue weighted by Gasteiger charge is 2.28. The van der Waals surface area contributed by atoms with Crippen LogP contribution in [0.3, 0.4) is 0 Å². The van der Waals surface area contributed by atoms with Gasteiger partial charge in [-0.05, 0) is 47.4 Å². The minimum atomic E-state index is -3.34. The van der Waals surface area contributed by atoms with Crippen LogP contribution in [-0.2, 0) is 10.0 Å². The zero-order valence-corrected chi connectivity index (χ0v) is 11.3. The smallest absolute Gasteiger partial charge is 0.234 e. The van der Waals surface area contributed by atoms with Crippen LogP contribution in [-0.4, -0.2) is 19.2 Å². The fourth-order valence-corrected chi connectivity index (χ4v) is 3.17. The van der Waals surface area contributed by atoms with E-state index in [1.54, 1.807) is 22.6 Å². The summed E-state index contributed by atoms with van der Waals surface area (Å²) >= 11 is 1.79. The molecule has 4 nitrogen and oxygen atoms in total. The van der Waals surface area contributed by atoms with Crippen molar-refractivity contribution < 1.29 is 12.8 Å². The van der Waals surface area contributed by atoms with E-state index in [0.717, 1.165) is 19.0 Å². The number of aromatic nitrogens is 1. The molecule has 88 valence electrons. The Morgan fingerprint density at radius 3 is 2.81 bits per heavy atom. The highest BCUT2D eigenvalue weighted by Crippen LogP contribution is 2.30. The average Bonchev–Trinajstić information content (AvgIpc) is 2.94. The third-order valence-electron chi connectivity index (χ3n) is 2.22. The molecule has 0 aliphatic heterocycles. The molecule has 2 rings (SSSR count). The molecule has 1 heterocycles. The number of nitrogens with zero attached hydrogens (tertiary/aromatic N) is 1. The molecular weight excluding hydrogens is 346 g/mol. The largest absolute Gasteiger partial charge is 0.267 e. The first-order valence-electron chi connectivity index (χ1n) is 4.78. The van der Waals surface area contributed by atoms with Crippen molar-refractivity contribution in [3.63, 3.8) is 0 Å². The Morgan fingerprint density at radius 1 is 1.56 bits per heavy atom. The van der Waals surface area contributed by atoms with Crippen molar-refractivity contribution in [2.45, 2.75) is 12.8 Å². The van der Waals surface area contributed by atoms with Crippen LogP contribution in [0.4, 0.5) is 10.2 Å². The molecule has 7 heteroatoms. The number of hydrogen-bond acceptors (Lipinski definition) is 3. The number of nitrogens with one attached hydrogen (secondary N) is 1. The molecule has 0 bridgehead atoms. The molecular formula is C9H10FIN2O2S. The highest BCUT2D eigenvalue weighted by atomic mass is 127. The summed E-state index contributed by atoms with van der Waals surface area (Å²) in [5.41, 5.74) is 0. The highest BCUT2D eigenvalue weighted by molar-refractivity contribution is 14.1. The quantitative estimate of drug-likeness (QED) is 0.840. The zero-order chi connectivity index (χ0) is 11.8. The second-order valence-electron chi connectivity index (χ2n) is 3.81. The molecule has 1 aliphatic rings. The van der Waals surface area contributed by atoms with Gasteiger partial charge < -0.3 is 0 Å². The third kappa shape index (κ3) is 3.27. The van der Waals surface area contributed by atoms with Gasteiger partial charge in [0.1, 0.15) is 5.82 Å². The van der Waals surface area contributed by atoms with E-state index in [0.29, 0.717) is 3.57 Å². The number of sulfonamides is 1. The third-order valence-corrected chi connectivity index (χ3v) is 4.48. The van der Waals surface area contributed by atoms with Gasteiger partial charge in [0.25, 0.3) is 0 Å². The Bertz CT molecular complexity index is 502. The lowest BCUT2D eigenvalue weighted by Crippen LogP contribution is -2.18. The molecule has 0 aromatic carbocycles. The van der Waals surface area contributed by atoms with Gasteiger partial charge in [-0.2, -0.15) is 0 Å². The molecule has 0 spiro atoms. The summed E-state index contributed by atoms with van der Waals surface area (Å²) in [6.45, 7) is 0. The van der Waals surface area contributed by atoms with Gasteiger partial charge in [0, 0.05) is 0 Å². The lowest BCUT2D eigenvalue weighted by Gasteiger charge is -2.06. The minimum absolute atomic E-state index is 0.128. The van der Waals surface area contributed by atoms with Gasteiger partial charge in [0.15, 0.2) is 5.82 Å². The molecule has 1 aliphatic carbocycles. The van der Waals surface area contributed by atoms with Gasteiger partial charge in [-0.25, -0.2) is 17.8 Å². The normalized spacial score (nSPS) is 16.1. The summed E-state index contributed by atoms with van der Waals surface area (Å²) in [7, 11) is -3.34. The SMILES string of the molecule is O=S(=O)(CC1CC1)Nc1cc(I)c(F)cn1. The van der Waals surface area contributed by atoms with E-state index in [1.807, 2.05) is 0 Å². The summed E-state index contributed by atoms with van der Waals surface area (Å²) in [6, 6.07) is 1.38. The first kappa shape index (κ1) is 12.0. The summed E-state index contributed by atoms with van der Waals surface area (Å²) < 4.78 is 38.8. The van der Waals surface area contributed by atoms with Crippen molar-refractivity contribution in [3.05, 3.63) is 21.7 Å². The van der Waals surface area contributed by atoms with Crippen molar-refractivity contribution in [2.75, 3.05) is 10.5 Å². The van der Waals surface area contributed by atoms with Crippen LogP contribution >= 0.6 is 22.6 Å². The molecule has 0 atom stereocenters. The minimum Gasteiger partial charge on any atom is -0.267 e. The predicted molar refractivity (Wildman–Crippen MR) is 67.0 cm³/mol.